The number of benzene rings is 2. The minimum Gasteiger partial charge on any atom is -0.484 e. The highest BCUT2D eigenvalue weighted by Crippen LogP contribution is 2.22. The molecule has 1 atom stereocenters. The molecule has 0 radical (unpaired) electrons. The number of rotatable bonds is 9. The highest BCUT2D eigenvalue weighted by Gasteiger charge is 2.22. The largest absolute Gasteiger partial charge is 0.484 e. The lowest BCUT2D eigenvalue weighted by Crippen LogP contribution is -2.42. The maximum atomic E-state index is 13.7. The van der Waals surface area contributed by atoms with E-state index >= 15 is 0 Å². The molecule has 3 N–H and O–H groups in total. The van der Waals surface area contributed by atoms with E-state index in [1.54, 1.807) is 12.1 Å². The molecular weight excluding hydrogens is 361 g/mol. The van der Waals surface area contributed by atoms with Gasteiger partial charge in [0.05, 0.1) is 13.2 Å². The normalized spacial score (nSPS) is 15.9. The Labute approximate surface area is 164 Å². The van der Waals surface area contributed by atoms with Crippen molar-refractivity contribution in [2.75, 3.05) is 39.5 Å². The van der Waals surface area contributed by atoms with Gasteiger partial charge in [0.15, 0.2) is 6.61 Å². The fourth-order valence-corrected chi connectivity index (χ4v) is 3.27. The molecule has 1 fully saturated rings. The fraction of sp³-hybridized carbons (Fsp3) is 0.381. The Hall–Kier alpha value is -2.48. The zero-order valence-corrected chi connectivity index (χ0v) is 15.8. The van der Waals surface area contributed by atoms with Gasteiger partial charge in [0.2, 0.25) is 0 Å². The smallest absolute Gasteiger partial charge is 0.255 e. The van der Waals surface area contributed by atoms with Gasteiger partial charge in [-0.2, -0.15) is 0 Å². The Morgan fingerprint density at radius 2 is 1.96 bits per heavy atom. The van der Waals surface area contributed by atoms with Crippen molar-refractivity contribution in [2.24, 2.45) is 5.73 Å². The predicted octanol–water partition coefficient (Wildman–Crippen LogP) is 1.85. The van der Waals surface area contributed by atoms with Gasteiger partial charge in [-0.05, 0) is 35.4 Å². The molecule has 6 nitrogen and oxygen atoms in total. The number of hydrogen-bond acceptors (Lipinski definition) is 5. The third-order valence-electron chi connectivity index (χ3n) is 4.69. The molecule has 1 aliphatic heterocycles. The average Bonchev–Trinajstić information content (AvgIpc) is 2.71. The molecule has 2 aromatic rings. The Kier molecular flexibility index (Phi) is 7.36. The molecule has 3 rings (SSSR count). The second-order valence-corrected chi connectivity index (χ2v) is 6.75. The molecule has 1 aliphatic rings. The summed E-state index contributed by atoms with van der Waals surface area (Å²) >= 11 is 0. The quantitative estimate of drug-likeness (QED) is 0.687. The molecule has 28 heavy (non-hydrogen) atoms. The molecule has 1 heterocycles. The van der Waals surface area contributed by atoms with Gasteiger partial charge in [-0.15, -0.1) is 0 Å². The maximum Gasteiger partial charge on any atom is 0.255 e. The first-order chi connectivity index (χ1) is 13.6. The van der Waals surface area contributed by atoms with E-state index in [4.69, 9.17) is 15.2 Å². The minimum atomic E-state index is -0.503. The van der Waals surface area contributed by atoms with E-state index in [0.29, 0.717) is 32.1 Å². The first kappa shape index (κ1) is 20.3. The Bertz CT molecular complexity index is 764. The predicted molar refractivity (Wildman–Crippen MR) is 104 cm³/mol. The average molecular weight is 387 g/mol. The van der Waals surface area contributed by atoms with E-state index in [-0.39, 0.29) is 18.5 Å². The van der Waals surface area contributed by atoms with E-state index in [1.807, 2.05) is 30.3 Å². The number of nitrogens with zero attached hydrogens (tertiary/aromatic N) is 1. The zero-order chi connectivity index (χ0) is 19.8. The first-order valence-corrected chi connectivity index (χ1v) is 9.40. The monoisotopic (exact) mass is 387 g/mol. The lowest BCUT2D eigenvalue weighted by Gasteiger charge is -2.35. The molecule has 0 saturated carbocycles. The second kappa shape index (κ2) is 10.2. The summed E-state index contributed by atoms with van der Waals surface area (Å²) in [6.45, 7) is 4.28. The minimum absolute atomic E-state index is 0.0813. The van der Waals surface area contributed by atoms with Gasteiger partial charge in [0.1, 0.15) is 11.6 Å². The van der Waals surface area contributed by atoms with Crippen LogP contribution in [0.2, 0.25) is 0 Å². The van der Waals surface area contributed by atoms with Crippen LogP contribution in [0.15, 0.2) is 48.5 Å². The Morgan fingerprint density at radius 1 is 1.21 bits per heavy atom. The summed E-state index contributed by atoms with van der Waals surface area (Å²) in [4.78, 5) is 13.1. The third kappa shape index (κ3) is 6.02. The molecule has 1 amide bonds. The van der Waals surface area contributed by atoms with Gasteiger partial charge in [0.25, 0.3) is 5.91 Å². The van der Waals surface area contributed by atoms with Crippen LogP contribution < -0.4 is 15.8 Å². The van der Waals surface area contributed by atoms with E-state index in [0.717, 1.165) is 24.2 Å². The van der Waals surface area contributed by atoms with Crippen LogP contribution in [0.3, 0.4) is 0 Å². The number of nitrogens with one attached hydrogen (secondary N) is 1. The van der Waals surface area contributed by atoms with Gasteiger partial charge < -0.3 is 20.5 Å². The fourth-order valence-electron chi connectivity index (χ4n) is 3.27. The van der Waals surface area contributed by atoms with E-state index < -0.39 is 5.91 Å². The van der Waals surface area contributed by atoms with Crippen LogP contribution >= 0.6 is 0 Å². The van der Waals surface area contributed by atoms with Crippen LogP contribution in [0.1, 0.15) is 17.2 Å². The zero-order valence-electron chi connectivity index (χ0n) is 15.8. The number of nitrogens with two attached hydrogens (primary N) is 1. The maximum absolute atomic E-state index is 13.7. The molecule has 1 unspecified atom stereocenters. The lowest BCUT2D eigenvalue weighted by molar-refractivity contribution is -0.119. The van der Waals surface area contributed by atoms with Crippen molar-refractivity contribution in [2.45, 2.75) is 12.6 Å². The van der Waals surface area contributed by atoms with Crippen molar-refractivity contribution in [3.8, 4) is 5.75 Å². The van der Waals surface area contributed by atoms with Crippen LogP contribution in [0.4, 0.5) is 4.39 Å². The number of ether oxygens (including phenoxy) is 2. The molecule has 0 aromatic heterocycles. The summed E-state index contributed by atoms with van der Waals surface area (Å²) in [6.07, 6.45) is 0. The summed E-state index contributed by atoms with van der Waals surface area (Å²) in [7, 11) is 0. The summed E-state index contributed by atoms with van der Waals surface area (Å²) in [5.41, 5.74) is 7.13. The molecule has 150 valence electrons. The second-order valence-electron chi connectivity index (χ2n) is 6.75. The van der Waals surface area contributed by atoms with Crippen molar-refractivity contribution in [1.29, 1.82) is 0 Å². The van der Waals surface area contributed by atoms with Crippen molar-refractivity contribution in [1.82, 2.24) is 10.2 Å². The van der Waals surface area contributed by atoms with Crippen molar-refractivity contribution < 1.29 is 18.7 Å². The molecule has 1 saturated heterocycles. The highest BCUT2D eigenvalue weighted by atomic mass is 19.1. The van der Waals surface area contributed by atoms with Gasteiger partial charge >= 0.3 is 0 Å². The molecular formula is C21H26FN3O3. The highest BCUT2D eigenvalue weighted by molar-refractivity contribution is 5.75. The number of primary amides is 1. The summed E-state index contributed by atoms with van der Waals surface area (Å²) < 4.78 is 24.4. The summed E-state index contributed by atoms with van der Waals surface area (Å²) in [5.74, 6) is -0.118. The van der Waals surface area contributed by atoms with Gasteiger partial charge in [-0.1, -0.05) is 24.3 Å². The van der Waals surface area contributed by atoms with Crippen molar-refractivity contribution in [3.05, 3.63) is 65.5 Å². The number of carbonyl (C=O) groups is 1. The van der Waals surface area contributed by atoms with Gasteiger partial charge in [0, 0.05) is 32.2 Å². The van der Waals surface area contributed by atoms with Crippen molar-refractivity contribution >= 4 is 5.91 Å². The molecule has 0 aliphatic carbocycles. The Morgan fingerprint density at radius 3 is 2.64 bits per heavy atom. The summed E-state index contributed by atoms with van der Waals surface area (Å²) in [6, 6.07) is 14.4. The van der Waals surface area contributed by atoms with Crippen molar-refractivity contribution in [3.63, 3.8) is 0 Å². The van der Waals surface area contributed by atoms with Crippen LogP contribution in [-0.2, 0) is 16.1 Å². The molecule has 0 bridgehead atoms. The summed E-state index contributed by atoms with van der Waals surface area (Å²) in [5, 5.41) is 3.47. The molecule has 7 heteroatoms. The SMILES string of the molecule is NC(=O)COc1ccc(CNCC(c2cccc(F)c2)N2CCOCC2)cc1. The Balaban J connectivity index is 1.58. The molecule has 2 aromatic carbocycles. The topological polar surface area (TPSA) is 76.8 Å². The van der Waals surface area contributed by atoms with E-state index in [1.165, 1.54) is 6.07 Å². The third-order valence-corrected chi connectivity index (χ3v) is 4.69. The number of amides is 1. The number of hydrogen-bond donors (Lipinski definition) is 2. The number of morpholine rings is 1. The lowest BCUT2D eigenvalue weighted by atomic mass is 10.0. The van der Waals surface area contributed by atoms with Crippen LogP contribution in [0, 0.1) is 5.82 Å². The van der Waals surface area contributed by atoms with Crippen LogP contribution in [-0.4, -0.2) is 50.3 Å². The van der Waals surface area contributed by atoms with Crippen LogP contribution in [0.5, 0.6) is 5.75 Å². The van der Waals surface area contributed by atoms with Gasteiger partial charge in [-0.3, -0.25) is 9.69 Å². The van der Waals surface area contributed by atoms with E-state index in [2.05, 4.69) is 10.2 Å². The molecule has 0 spiro atoms. The number of halogens is 1. The standard InChI is InChI=1S/C21H26FN3O3/c22-18-3-1-2-17(12-18)20(25-8-10-27-11-9-25)14-24-13-16-4-6-19(7-5-16)28-15-21(23)26/h1-7,12,20,24H,8-11,13-15H2,(H2,23,26). The number of carbonyl (C=O) groups excluding carboxylic acids is 1. The van der Waals surface area contributed by atoms with Gasteiger partial charge in [-0.25, -0.2) is 4.39 Å². The van der Waals surface area contributed by atoms with Crippen LogP contribution in [0.25, 0.3) is 0 Å². The first-order valence-electron chi connectivity index (χ1n) is 9.40. The van der Waals surface area contributed by atoms with E-state index in [9.17, 15) is 9.18 Å².